The van der Waals surface area contributed by atoms with Crippen LogP contribution in [0.5, 0.6) is 0 Å². The molecular weight excluding hydrogens is 356 g/mol. The number of fused-ring (bicyclic) bond motifs is 1. The number of nitrogens with zero attached hydrogens (tertiary/aromatic N) is 4. The predicted octanol–water partition coefficient (Wildman–Crippen LogP) is 1.45. The Morgan fingerprint density at radius 3 is 3.04 bits per heavy atom. The summed E-state index contributed by atoms with van der Waals surface area (Å²) in [6.07, 6.45) is 3.61. The number of carbonyl (C=O) groups is 1. The Balaban J connectivity index is 1.42. The highest BCUT2D eigenvalue weighted by Gasteiger charge is 2.28. The van der Waals surface area contributed by atoms with Gasteiger partial charge >= 0.3 is 0 Å². The summed E-state index contributed by atoms with van der Waals surface area (Å²) in [5, 5.41) is 17.8. The zero-order valence-corrected chi connectivity index (χ0v) is 16.2. The first kappa shape index (κ1) is 18.6. The second-order valence-electron chi connectivity index (χ2n) is 7.46. The van der Waals surface area contributed by atoms with Crippen LogP contribution in [0, 0.1) is 6.92 Å². The number of likely N-dealkylation sites (tertiary alicyclic amines) is 1. The molecule has 1 aliphatic rings. The summed E-state index contributed by atoms with van der Waals surface area (Å²) in [6.45, 7) is 7.00. The number of aliphatic hydroxyl groups excluding tert-OH is 1. The van der Waals surface area contributed by atoms with Gasteiger partial charge in [0.1, 0.15) is 0 Å². The molecule has 8 nitrogen and oxygen atoms in total. The van der Waals surface area contributed by atoms with Gasteiger partial charge in [0.2, 0.25) is 0 Å². The highest BCUT2D eigenvalue weighted by molar-refractivity contribution is 5.97. The summed E-state index contributed by atoms with van der Waals surface area (Å²) in [7, 11) is 0. The molecule has 0 spiro atoms. The number of hydrogen-bond donors (Lipinski definition) is 3. The first-order valence-electron chi connectivity index (χ1n) is 9.69. The number of aliphatic hydroxyl groups is 1. The standard InChI is InChI=1S/C20H26N6O2/c1-3-26-13(2)15(8-23-26)9-25-10-16(7-17(27)11-25)24-20(28)14-4-5-18-19(6-14)22-12-21-18/h4-6,8,12,16-17,27H,3,7,9-11H2,1-2H3,(H,21,22)(H,24,28)/t16-,17+/m0/s1. The maximum Gasteiger partial charge on any atom is 0.251 e. The van der Waals surface area contributed by atoms with Crippen molar-refractivity contribution in [3.8, 4) is 0 Å². The third kappa shape index (κ3) is 3.79. The molecular formula is C20H26N6O2. The molecule has 1 saturated heterocycles. The number of hydrogen-bond acceptors (Lipinski definition) is 5. The molecule has 0 saturated carbocycles. The van der Waals surface area contributed by atoms with Gasteiger partial charge in [-0.3, -0.25) is 14.4 Å². The van der Waals surface area contributed by atoms with E-state index in [0.29, 0.717) is 25.1 Å². The summed E-state index contributed by atoms with van der Waals surface area (Å²) in [5.41, 5.74) is 4.56. The van der Waals surface area contributed by atoms with E-state index in [0.717, 1.165) is 35.4 Å². The van der Waals surface area contributed by atoms with Crippen LogP contribution in [-0.2, 0) is 13.1 Å². The third-order valence-corrected chi connectivity index (χ3v) is 5.42. The van der Waals surface area contributed by atoms with Crippen LogP contribution in [-0.4, -0.2) is 60.9 Å². The van der Waals surface area contributed by atoms with Crippen LogP contribution >= 0.6 is 0 Å². The van der Waals surface area contributed by atoms with Gasteiger partial charge in [-0.25, -0.2) is 4.98 Å². The van der Waals surface area contributed by atoms with Gasteiger partial charge in [-0.2, -0.15) is 5.10 Å². The molecule has 2 aromatic heterocycles. The Labute approximate surface area is 163 Å². The molecule has 0 aliphatic carbocycles. The molecule has 1 aliphatic heterocycles. The van der Waals surface area contributed by atoms with Crippen molar-refractivity contribution < 1.29 is 9.90 Å². The average Bonchev–Trinajstić information content (AvgIpc) is 3.27. The molecule has 1 amide bonds. The summed E-state index contributed by atoms with van der Waals surface area (Å²) < 4.78 is 1.97. The number of aromatic nitrogens is 4. The van der Waals surface area contributed by atoms with E-state index in [-0.39, 0.29) is 11.9 Å². The number of imidazole rings is 1. The summed E-state index contributed by atoms with van der Waals surface area (Å²) in [6, 6.07) is 5.31. The molecule has 0 bridgehead atoms. The highest BCUT2D eigenvalue weighted by Crippen LogP contribution is 2.18. The molecule has 3 heterocycles. The van der Waals surface area contributed by atoms with Crippen molar-refractivity contribution in [1.29, 1.82) is 0 Å². The van der Waals surface area contributed by atoms with Crippen LogP contribution in [0.1, 0.15) is 35.0 Å². The number of amides is 1. The van der Waals surface area contributed by atoms with Gasteiger partial charge in [-0.15, -0.1) is 0 Å². The predicted molar refractivity (Wildman–Crippen MR) is 106 cm³/mol. The number of piperidine rings is 1. The average molecular weight is 382 g/mol. The molecule has 0 unspecified atom stereocenters. The SMILES string of the molecule is CCn1ncc(CN2C[C@H](O)C[C@H](NC(=O)c3ccc4nc[nH]c4c3)C2)c1C. The van der Waals surface area contributed by atoms with Gasteiger partial charge < -0.3 is 15.4 Å². The number of β-amino-alcohol motifs (C(OH)–C–C–N with tert-alkyl or cyclic N) is 1. The van der Waals surface area contributed by atoms with Crippen molar-refractivity contribution in [1.82, 2.24) is 30.0 Å². The van der Waals surface area contributed by atoms with E-state index in [2.05, 4.69) is 39.1 Å². The first-order valence-corrected chi connectivity index (χ1v) is 9.69. The van der Waals surface area contributed by atoms with Gasteiger partial charge in [0.25, 0.3) is 5.91 Å². The smallest absolute Gasteiger partial charge is 0.251 e. The van der Waals surface area contributed by atoms with Crippen LogP contribution in [0.25, 0.3) is 11.0 Å². The Bertz CT molecular complexity index is 978. The zero-order chi connectivity index (χ0) is 19.7. The minimum atomic E-state index is -0.462. The summed E-state index contributed by atoms with van der Waals surface area (Å²) in [5.74, 6) is -0.134. The lowest BCUT2D eigenvalue weighted by molar-refractivity contribution is 0.0458. The number of aromatic amines is 1. The number of nitrogens with one attached hydrogen (secondary N) is 2. The minimum absolute atomic E-state index is 0.102. The fourth-order valence-electron chi connectivity index (χ4n) is 3.94. The van der Waals surface area contributed by atoms with Crippen molar-refractivity contribution in [2.24, 2.45) is 0 Å². The van der Waals surface area contributed by atoms with Crippen LogP contribution in [0.15, 0.2) is 30.7 Å². The van der Waals surface area contributed by atoms with Crippen LogP contribution < -0.4 is 5.32 Å². The number of benzene rings is 1. The Kier molecular flexibility index (Phi) is 5.15. The molecule has 8 heteroatoms. The number of aryl methyl sites for hydroxylation is 1. The number of rotatable bonds is 5. The first-order chi connectivity index (χ1) is 13.5. The van der Waals surface area contributed by atoms with E-state index in [1.54, 1.807) is 18.5 Å². The van der Waals surface area contributed by atoms with E-state index in [4.69, 9.17) is 0 Å². The van der Waals surface area contributed by atoms with E-state index in [1.165, 1.54) is 0 Å². The van der Waals surface area contributed by atoms with Crippen LogP contribution in [0.4, 0.5) is 0 Å². The monoisotopic (exact) mass is 382 g/mol. The zero-order valence-electron chi connectivity index (χ0n) is 16.2. The van der Waals surface area contributed by atoms with Crippen molar-refractivity contribution in [2.45, 2.75) is 45.5 Å². The lowest BCUT2D eigenvalue weighted by Crippen LogP contribution is -2.52. The van der Waals surface area contributed by atoms with E-state index < -0.39 is 6.10 Å². The molecule has 3 N–H and O–H groups in total. The maximum atomic E-state index is 12.7. The van der Waals surface area contributed by atoms with Crippen LogP contribution in [0.2, 0.25) is 0 Å². The Morgan fingerprint density at radius 1 is 1.39 bits per heavy atom. The normalized spacial score (nSPS) is 20.5. The van der Waals surface area contributed by atoms with E-state index in [1.807, 2.05) is 16.9 Å². The largest absolute Gasteiger partial charge is 0.392 e. The van der Waals surface area contributed by atoms with Gasteiger partial charge in [0.15, 0.2) is 0 Å². The molecule has 1 aromatic carbocycles. The molecule has 148 valence electrons. The lowest BCUT2D eigenvalue weighted by Gasteiger charge is -2.36. The maximum absolute atomic E-state index is 12.7. The molecule has 0 radical (unpaired) electrons. The highest BCUT2D eigenvalue weighted by atomic mass is 16.3. The topological polar surface area (TPSA) is 99.1 Å². The number of carbonyl (C=O) groups excluding carboxylic acids is 1. The quantitative estimate of drug-likeness (QED) is 0.620. The van der Waals surface area contributed by atoms with Crippen molar-refractivity contribution in [3.05, 3.63) is 47.5 Å². The van der Waals surface area contributed by atoms with Crippen molar-refractivity contribution in [3.63, 3.8) is 0 Å². The molecule has 1 fully saturated rings. The lowest BCUT2D eigenvalue weighted by atomic mass is 10.0. The second-order valence-corrected chi connectivity index (χ2v) is 7.46. The van der Waals surface area contributed by atoms with Crippen molar-refractivity contribution >= 4 is 16.9 Å². The van der Waals surface area contributed by atoms with Crippen molar-refractivity contribution in [2.75, 3.05) is 13.1 Å². The van der Waals surface area contributed by atoms with Crippen LogP contribution in [0.3, 0.4) is 0 Å². The molecule has 3 aromatic rings. The summed E-state index contributed by atoms with van der Waals surface area (Å²) >= 11 is 0. The molecule has 2 atom stereocenters. The van der Waals surface area contributed by atoms with Gasteiger partial charge in [-0.1, -0.05) is 0 Å². The van der Waals surface area contributed by atoms with E-state index >= 15 is 0 Å². The summed E-state index contributed by atoms with van der Waals surface area (Å²) in [4.78, 5) is 22.1. The second kappa shape index (κ2) is 7.73. The third-order valence-electron chi connectivity index (χ3n) is 5.42. The van der Waals surface area contributed by atoms with Gasteiger partial charge in [0.05, 0.1) is 29.7 Å². The molecule has 28 heavy (non-hydrogen) atoms. The fraction of sp³-hybridized carbons (Fsp3) is 0.450. The van der Waals surface area contributed by atoms with Gasteiger partial charge in [0, 0.05) is 49.0 Å². The minimum Gasteiger partial charge on any atom is -0.392 e. The Hall–Kier alpha value is -2.71. The Morgan fingerprint density at radius 2 is 2.25 bits per heavy atom. The van der Waals surface area contributed by atoms with E-state index in [9.17, 15) is 9.90 Å². The fourth-order valence-corrected chi connectivity index (χ4v) is 3.94. The molecule has 4 rings (SSSR count). The van der Waals surface area contributed by atoms with Gasteiger partial charge in [-0.05, 0) is 38.5 Å². The number of H-pyrrole nitrogens is 1.